The van der Waals surface area contributed by atoms with E-state index < -0.39 is 17.7 Å². The molecular formula is C20H16Cl2FN3O2. The molecule has 0 saturated carbocycles. The number of hydrogen-bond acceptors (Lipinski definition) is 4. The number of rotatable bonds is 3. The largest absolute Gasteiger partial charge is 0.481 e. The maximum absolute atomic E-state index is 14.5. The molecule has 3 aromatic rings. The van der Waals surface area contributed by atoms with Crippen LogP contribution < -0.4 is 4.90 Å². The Hall–Kier alpha value is -2.44. The van der Waals surface area contributed by atoms with Crippen LogP contribution in [0.5, 0.6) is 0 Å². The quantitative estimate of drug-likeness (QED) is 0.643. The number of carbonyl (C=O) groups is 1. The van der Waals surface area contributed by atoms with Gasteiger partial charge in [-0.2, -0.15) is 0 Å². The summed E-state index contributed by atoms with van der Waals surface area (Å²) in [4.78, 5) is 21.9. The van der Waals surface area contributed by atoms with Gasteiger partial charge in [0.2, 0.25) is 0 Å². The van der Waals surface area contributed by atoms with E-state index in [0.29, 0.717) is 46.3 Å². The minimum Gasteiger partial charge on any atom is -0.481 e. The summed E-state index contributed by atoms with van der Waals surface area (Å²) in [7, 11) is 0. The number of fused-ring (bicyclic) bond motifs is 1. The second-order valence-electron chi connectivity index (χ2n) is 6.77. The van der Waals surface area contributed by atoms with Gasteiger partial charge in [0.25, 0.3) is 0 Å². The lowest BCUT2D eigenvalue weighted by molar-refractivity contribution is -0.141. The van der Waals surface area contributed by atoms with E-state index in [-0.39, 0.29) is 5.52 Å². The van der Waals surface area contributed by atoms with Crippen LogP contribution in [-0.2, 0) is 4.79 Å². The highest BCUT2D eigenvalue weighted by molar-refractivity contribution is 6.42. The summed E-state index contributed by atoms with van der Waals surface area (Å²) in [6.07, 6.45) is 2.65. The monoisotopic (exact) mass is 419 g/mol. The summed E-state index contributed by atoms with van der Waals surface area (Å²) in [6, 6.07) is 8.20. The molecule has 0 unspecified atom stereocenters. The number of aromatic nitrogens is 2. The van der Waals surface area contributed by atoms with Crippen LogP contribution in [0.3, 0.4) is 0 Å². The maximum atomic E-state index is 14.5. The van der Waals surface area contributed by atoms with Gasteiger partial charge in [-0.05, 0) is 42.2 Å². The minimum atomic E-state index is -0.834. The molecule has 2 heterocycles. The van der Waals surface area contributed by atoms with Gasteiger partial charge in [-0.25, -0.2) is 14.4 Å². The molecule has 0 aliphatic carbocycles. The zero-order valence-corrected chi connectivity index (χ0v) is 16.2. The van der Waals surface area contributed by atoms with E-state index in [0.717, 1.165) is 12.0 Å². The van der Waals surface area contributed by atoms with Gasteiger partial charge in [0.1, 0.15) is 23.5 Å². The number of piperidine rings is 1. The molecule has 0 bridgehead atoms. The van der Waals surface area contributed by atoms with Gasteiger partial charge in [0.15, 0.2) is 0 Å². The van der Waals surface area contributed by atoms with Gasteiger partial charge >= 0.3 is 5.97 Å². The molecule has 5 nitrogen and oxygen atoms in total. The second-order valence-corrected chi connectivity index (χ2v) is 7.58. The van der Waals surface area contributed by atoms with Crippen LogP contribution in [0, 0.1) is 11.7 Å². The number of anilines is 1. The molecule has 1 aliphatic rings. The molecule has 144 valence electrons. The molecule has 1 fully saturated rings. The van der Waals surface area contributed by atoms with Crippen LogP contribution in [0.1, 0.15) is 12.8 Å². The molecule has 1 aromatic heterocycles. The first-order chi connectivity index (χ1) is 13.5. The Morgan fingerprint density at radius 3 is 2.75 bits per heavy atom. The van der Waals surface area contributed by atoms with Crippen LogP contribution >= 0.6 is 23.2 Å². The molecule has 2 aromatic carbocycles. The van der Waals surface area contributed by atoms with Crippen LogP contribution in [0.25, 0.3) is 22.0 Å². The van der Waals surface area contributed by atoms with Crippen molar-refractivity contribution < 1.29 is 14.3 Å². The molecule has 0 spiro atoms. The van der Waals surface area contributed by atoms with E-state index in [1.54, 1.807) is 24.3 Å². The zero-order chi connectivity index (χ0) is 19.8. The predicted molar refractivity (Wildman–Crippen MR) is 108 cm³/mol. The fourth-order valence-corrected chi connectivity index (χ4v) is 3.94. The molecule has 1 N–H and O–H groups in total. The van der Waals surface area contributed by atoms with Crippen molar-refractivity contribution in [1.82, 2.24) is 9.97 Å². The van der Waals surface area contributed by atoms with Gasteiger partial charge in [-0.1, -0.05) is 35.3 Å². The smallest absolute Gasteiger partial charge is 0.308 e. The lowest BCUT2D eigenvalue weighted by atomic mass is 9.96. The van der Waals surface area contributed by atoms with Gasteiger partial charge in [0, 0.05) is 13.1 Å². The number of benzene rings is 2. The second kappa shape index (κ2) is 7.53. The third-order valence-corrected chi connectivity index (χ3v) is 5.76. The van der Waals surface area contributed by atoms with E-state index in [4.69, 9.17) is 23.2 Å². The first kappa shape index (κ1) is 18.9. The topological polar surface area (TPSA) is 66.3 Å². The van der Waals surface area contributed by atoms with Crippen molar-refractivity contribution in [3.8, 4) is 11.1 Å². The van der Waals surface area contributed by atoms with Crippen molar-refractivity contribution >= 4 is 45.9 Å². The van der Waals surface area contributed by atoms with Crippen LogP contribution in [-0.4, -0.2) is 34.1 Å². The SMILES string of the molecule is O=C(O)[C@@H]1CCCN(c2ncnc3c(F)ccc(-c4ccc(Cl)c(Cl)c4)c23)C1. The van der Waals surface area contributed by atoms with Crippen molar-refractivity contribution in [2.24, 2.45) is 5.92 Å². The molecule has 28 heavy (non-hydrogen) atoms. The number of carboxylic acids is 1. The van der Waals surface area contributed by atoms with Crippen molar-refractivity contribution in [2.45, 2.75) is 12.8 Å². The number of aliphatic carboxylic acids is 1. The normalized spacial score (nSPS) is 17.1. The average Bonchev–Trinajstić information content (AvgIpc) is 2.70. The fraction of sp³-hybridized carbons (Fsp3) is 0.250. The van der Waals surface area contributed by atoms with Crippen molar-refractivity contribution in [3.63, 3.8) is 0 Å². The first-order valence-electron chi connectivity index (χ1n) is 8.82. The van der Waals surface area contributed by atoms with Crippen molar-refractivity contribution in [1.29, 1.82) is 0 Å². The molecule has 8 heteroatoms. The van der Waals surface area contributed by atoms with E-state index in [1.165, 1.54) is 12.4 Å². The Labute approximate surface area is 170 Å². The predicted octanol–water partition coefficient (Wildman–Crippen LogP) is 5.04. The summed E-state index contributed by atoms with van der Waals surface area (Å²) in [5, 5.41) is 10.7. The van der Waals surface area contributed by atoms with Gasteiger partial charge < -0.3 is 10.0 Å². The summed E-state index contributed by atoms with van der Waals surface area (Å²) in [6.45, 7) is 0.964. The van der Waals surface area contributed by atoms with E-state index in [9.17, 15) is 14.3 Å². The molecule has 4 rings (SSSR count). The van der Waals surface area contributed by atoms with Crippen LogP contribution in [0.2, 0.25) is 10.0 Å². The lowest BCUT2D eigenvalue weighted by Crippen LogP contribution is -2.39. The number of nitrogens with zero attached hydrogens (tertiary/aromatic N) is 3. The van der Waals surface area contributed by atoms with Crippen molar-refractivity contribution in [3.05, 3.63) is 52.5 Å². The Morgan fingerprint density at radius 2 is 2.00 bits per heavy atom. The summed E-state index contributed by atoms with van der Waals surface area (Å²) < 4.78 is 14.5. The Balaban J connectivity index is 1.91. The highest BCUT2D eigenvalue weighted by Gasteiger charge is 2.28. The standard InChI is InChI=1S/C20H16Cl2FN3O2/c21-14-5-3-11(8-15(14)22)13-4-6-16(23)18-17(13)19(25-10-24-18)26-7-1-2-12(9-26)20(27)28/h3-6,8,10,12H,1-2,7,9H2,(H,27,28)/t12-/m1/s1. The van der Waals surface area contributed by atoms with Crippen molar-refractivity contribution in [2.75, 3.05) is 18.0 Å². The number of halogens is 3. The fourth-order valence-electron chi connectivity index (χ4n) is 3.64. The third-order valence-electron chi connectivity index (χ3n) is 5.02. The molecular weight excluding hydrogens is 404 g/mol. The highest BCUT2D eigenvalue weighted by Crippen LogP contribution is 2.38. The van der Waals surface area contributed by atoms with E-state index in [1.807, 2.05) is 4.90 Å². The third kappa shape index (κ3) is 3.38. The Bertz CT molecular complexity index is 1080. The summed E-state index contributed by atoms with van der Waals surface area (Å²) in [5.41, 5.74) is 1.65. The highest BCUT2D eigenvalue weighted by atomic mass is 35.5. The molecule has 1 saturated heterocycles. The number of hydrogen-bond donors (Lipinski definition) is 1. The minimum absolute atomic E-state index is 0.186. The Morgan fingerprint density at radius 1 is 1.18 bits per heavy atom. The Kier molecular flexibility index (Phi) is 5.08. The molecule has 1 atom stereocenters. The summed E-state index contributed by atoms with van der Waals surface area (Å²) >= 11 is 12.2. The lowest BCUT2D eigenvalue weighted by Gasteiger charge is -2.32. The molecule has 0 amide bonds. The van der Waals surface area contributed by atoms with Crippen LogP contribution in [0.15, 0.2) is 36.7 Å². The summed E-state index contributed by atoms with van der Waals surface area (Å²) in [5.74, 6) is -1.26. The molecule has 0 radical (unpaired) electrons. The van der Waals surface area contributed by atoms with Gasteiger partial charge in [-0.15, -0.1) is 0 Å². The van der Waals surface area contributed by atoms with Gasteiger partial charge in [0.05, 0.1) is 21.3 Å². The van der Waals surface area contributed by atoms with E-state index >= 15 is 0 Å². The van der Waals surface area contributed by atoms with Gasteiger partial charge in [-0.3, -0.25) is 4.79 Å². The van der Waals surface area contributed by atoms with E-state index in [2.05, 4.69) is 9.97 Å². The average molecular weight is 420 g/mol. The first-order valence-corrected chi connectivity index (χ1v) is 9.57. The maximum Gasteiger partial charge on any atom is 0.308 e. The zero-order valence-electron chi connectivity index (χ0n) is 14.7. The number of carboxylic acid groups (broad SMARTS) is 1. The molecule has 1 aliphatic heterocycles. The van der Waals surface area contributed by atoms with Crippen LogP contribution in [0.4, 0.5) is 10.2 Å².